The first-order chi connectivity index (χ1) is 14.5. The lowest BCUT2D eigenvalue weighted by atomic mass is 10.0. The number of aldehydes is 1. The van der Waals surface area contributed by atoms with Crippen LogP contribution in [0.5, 0.6) is 0 Å². The number of hydrogen-bond donors (Lipinski definition) is 2. The Morgan fingerprint density at radius 3 is 2.23 bits per heavy atom. The van der Waals surface area contributed by atoms with Gasteiger partial charge in [-0.05, 0) is 23.8 Å². The molecule has 0 bridgehead atoms. The summed E-state index contributed by atoms with van der Waals surface area (Å²) < 4.78 is 0. The summed E-state index contributed by atoms with van der Waals surface area (Å²) in [5, 5.41) is 3.07. The molecule has 0 aliphatic carbocycles. The minimum absolute atomic E-state index is 0.0344. The van der Waals surface area contributed by atoms with Crippen LogP contribution in [0.2, 0.25) is 5.02 Å². The molecule has 0 aliphatic heterocycles. The van der Waals surface area contributed by atoms with Crippen molar-refractivity contribution in [3.8, 4) is 0 Å². The van der Waals surface area contributed by atoms with Gasteiger partial charge in [0.05, 0.1) is 0 Å². The zero-order valence-electron chi connectivity index (χ0n) is 15.8. The quantitative estimate of drug-likeness (QED) is 0.362. The zero-order chi connectivity index (χ0) is 21.5. The number of halogens is 1. The van der Waals surface area contributed by atoms with Crippen molar-refractivity contribution < 1.29 is 14.4 Å². The van der Waals surface area contributed by atoms with Gasteiger partial charge >= 0.3 is 0 Å². The lowest BCUT2D eigenvalue weighted by molar-refractivity contribution is -0.119. The summed E-state index contributed by atoms with van der Waals surface area (Å²) in [5.74, 6) is -1.11. The van der Waals surface area contributed by atoms with Gasteiger partial charge in [-0.1, -0.05) is 72.3 Å². The van der Waals surface area contributed by atoms with Gasteiger partial charge in [-0.15, -0.1) is 0 Å². The van der Waals surface area contributed by atoms with Crippen molar-refractivity contribution in [3.63, 3.8) is 0 Å². The monoisotopic (exact) mass is 419 g/mol. The molecule has 7 heteroatoms. The summed E-state index contributed by atoms with van der Waals surface area (Å²) in [4.78, 5) is 40.6. The zero-order valence-corrected chi connectivity index (χ0v) is 16.5. The Bertz CT molecular complexity index is 1100. The molecule has 0 heterocycles. The van der Waals surface area contributed by atoms with Gasteiger partial charge in [0.15, 0.2) is 0 Å². The molecular formula is C23H18ClN3O3. The van der Waals surface area contributed by atoms with Crippen molar-refractivity contribution in [2.24, 2.45) is 10.7 Å². The number of carbonyl (C=O) groups is 3. The van der Waals surface area contributed by atoms with Crippen LogP contribution in [0.1, 0.15) is 37.9 Å². The van der Waals surface area contributed by atoms with E-state index in [1.54, 1.807) is 66.7 Å². The normalized spacial score (nSPS) is 12.1. The topological polar surface area (TPSA) is 102 Å². The maximum Gasteiger partial charge on any atom is 0.274 e. The lowest BCUT2D eigenvalue weighted by Crippen LogP contribution is -2.34. The molecular weight excluding hydrogens is 402 g/mol. The number of nitrogens with one attached hydrogen (secondary N) is 1. The molecule has 150 valence electrons. The van der Waals surface area contributed by atoms with Crippen LogP contribution in [0.3, 0.4) is 0 Å². The van der Waals surface area contributed by atoms with E-state index in [-0.39, 0.29) is 5.84 Å². The maximum atomic E-state index is 12.9. The largest absolute Gasteiger partial charge is 0.383 e. The van der Waals surface area contributed by atoms with E-state index in [0.717, 1.165) is 0 Å². The fourth-order valence-electron chi connectivity index (χ4n) is 2.76. The van der Waals surface area contributed by atoms with Crippen molar-refractivity contribution in [1.82, 2.24) is 5.32 Å². The van der Waals surface area contributed by atoms with Crippen molar-refractivity contribution in [3.05, 3.63) is 106 Å². The van der Waals surface area contributed by atoms with Crippen LogP contribution < -0.4 is 11.1 Å². The van der Waals surface area contributed by atoms with Gasteiger partial charge in [0.1, 0.15) is 18.2 Å². The van der Waals surface area contributed by atoms with Crippen molar-refractivity contribution in [1.29, 1.82) is 0 Å². The molecule has 3 aromatic rings. The van der Waals surface area contributed by atoms with Crippen LogP contribution in [-0.4, -0.2) is 23.9 Å². The Kier molecular flexibility index (Phi) is 6.72. The fourth-order valence-corrected chi connectivity index (χ4v) is 2.95. The average Bonchev–Trinajstić information content (AvgIpc) is 2.78. The van der Waals surface area contributed by atoms with Gasteiger partial charge in [0.25, 0.3) is 11.8 Å². The van der Waals surface area contributed by atoms with Gasteiger partial charge in [-0.3, -0.25) is 14.4 Å². The van der Waals surface area contributed by atoms with Gasteiger partial charge < -0.3 is 11.1 Å². The predicted molar refractivity (Wildman–Crippen MR) is 116 cm³/mol. The highest BCUT2D eigenvalue weighted by Crippen LogP contribution is 2.18. The molecule has 0 fully saturated rings. The Labute approximate surface area is 178 Å². The minimum Gasteiger partial charge on any atom is -0.383 e. The third-order valence-corrected chi connectivity index (χ3v) is 4.55. The van der Waals surface area contributed by atoms with Gasteiger partial charge in [0, 0.05) is 21.7 Å². The number of rotatable bonds is 6. The Morgan fingerprint density at radius 1 is 0.933 bits per heavy atom. The molecule has 0 saturated carbocycles. The second kappa shape index (κ2) is 9.62. The van der Waals surface area contributed by atoms with Crippen LogP contribution in [0, 0.1) is 0 Å². The number of amides is 2. The van der Waals surface area contributed by atoms with E-state index in [2.05, 4.69) is 10.3 Å². The smallest absolute Gasteiger partial charge is 0.274 e. The summed E-state index contributed by atoms with van der Waals surface area (Å²) >= 11 is 5.96. The molecule has 6 nitrogen and oxygen atoms in total. The highest BCUT2D eigenvalue weighted by Gasteiger charge is 2.24. The van der Waals surface area contributed by atoms with Crippen LogP contribution in [0.15, 0.2) is 83.9 Å². The molecule has 0 saturated heterocycles. The van der Waals surface area contributed by atoms with Gasteiger partial charge in [-0.2, -0.15) is 4.99 Å². The summed E-state index contributed by atoms with van der Waals surface area (Å²) in [5.41, 5.74) is 7.76. The minimum atomic E-state index is -1.10. The van der Waals surface area contributed by atoms with Gasteiger partial charge in [0.2, 0.25) is 0 Å². The molecule has 0 aromatic heterocycles. The number of benzene rings is 3. The molecule has 3 rings (SSSR count). The van der Waals surface area contributed by atoms with Crippen LogP contribution >= 0.6 is 11.6 Å². The van der Waals surface area contributed by atoms with E-state index in [0.29, 0.717) is 33.6 Å². The summed E-state index contributed by atoms with van der Waals surface area (Å²) in [6, 6.07) is 20.4. The van der Waals surface area contributed by atoms with Crippen LogP contribution in [0.4, 0.5) is 0 Å². The van der Waals surface area contributed by atoms with E-state index in [9.17, 15) is 14.4 Å². The van der Waals surface area contributed by atoms with E-state index in [1.807, 2.05) is 6.07 Å². The van der Waals surface area contributed by atoms with Crippen LogP contribution in [0.25, 0.3) is 0 Å². The molecule has 0 aliphatic rings. The number of carbonyl (C=O) groups excluding carboxylic acids is 3. The molecule has 3 aromatic carbocycles. The van der Waals surface area contributed by atoms with Crippen LogP contribution in [-0.2, 0) is 4.79 Å². The van der Waals surface area contributed by atoms with Crippen molar-refractivity contribution in [2.75, 3.05) is 0 Å². The van der Waals surface area contributed by atoms with Gasteiger partial charge in [-0.25, -0.2) is 0 Å². The molecule has 1 atom stereocenters. The second-order valence-electron chi connectivity index (χ2n) is 6.40. The summed E-state index contributed by atoms with van der Waals surface area (Å²) in [7, 11) is 0. The average molecular weight is 420 g/mol. The number of nitrogens with zero attached hydrogens (tertiary/aromatic N) is 1. The fraction of sp³-hybridized carbons (Fsp3) is 0.0435. The van der Waals surface area contributed by atoms with E-state index in [1.165, 1.54) is 6.07 Å². The Balaban J connectivity index is 1.93. The molecule has 0 spiro atoms. The highest BCUT2D eigenvalue weighted by atomic mass is 35.5. The standard InChI is InChI=1S/C23H18ClN3O3/c24-19-8-4-7-18(13-19)22(29)26-20(16-11-9-15(14-28)10-12-16)23(30)27-21(25)17-5-2-1-3-6-17/h1-14,20H,(H,26,29)(H2,25,27,30). The Hall–Kier alpha value is -3.77. The third-order valence-electron chi connectivity index (χ3n) is 4.32. The molecule has 2 amide bonds. The summed E-state index contributed by atoms with van der Waals surface area (Å²) in [6.07, 6.45) is 0.691. The number of aliphatic imine (C=N–C) groups is 1. The molecule has 30 heavy (non-hydrogen) atoms. The number of amidine groups is 1. The lowest BCUT2D eigenvalue weighted by Gasteiger charge is -2.17. The Morgan fingerprint density at radius 2 is 1.60 bits per heavy atom. The number of hydrogen-bond acceptors (Lipinski definition) is 3. The van der Waals surface area contributed by atoms with Crippen molar-refractivity contribution >= 4 is 35.5 Å². The second-order valence-corrected chi connectivity index (χ2v) is 6.84. The third kappa shape index (κ3) is 5.18. The molecule has 3 N–H and O–H groups in total. The molecule has 0 radical (unpaired) electrons. The highest BCUT2D eigenvalue weighted by molar-refractivity contribution is 6.31. The summed E-state index contributed by atoms with van der Waals surface area (Å²) in [6.45, 7) is 0. The first kappa shape index (κ1) is 21.0. The number of nitrogens with two attached hydrogens (primary N) is 1. The predicted octanol–water partition coefficient (Wildman–Crippen LogP) is 3.56. The first-order valence-corrected chi connectivity index (χ1v) is 9.40. The first-order valence-electron chi connectivity index (χ1n) is 9.03. The van der Waals surface area contributed by atoms with E-state index in [4.69, 9.17) is 17.3 Å². The van der Waals surface area contributed by atoms with E-state index >= 15 is 0 Å². The SMILES string of the molecule is NC(=NC(=O)C(NC(=O)c1cccc(Cl)c1)c1ccc(C=O)cc1)c1ccccc1. The maximum absolute atomic E-state index is 12.9. The molecule has 1 unspecified atom stereocenters. The van der Waals surface area contributed by atoms with Crippen molar-refractivity contribution in [2.45, 2.75) is 6.04 Å². The van der Waals surface area contributed by atoms with E-state index < -0.39 is 17.9 Å².